The number of hydrogen-bond donors (Lipinski definition) is 1. The molecule has 0 bridgehead atoms. The van der Waals surface area contributed by atoms with Gasteiger partial charge in [0.25, 0.3) is 5.91 Å². The predicted molar refractivity (Wildman–Crippen MR) is 120 cm³/mol. The highest BCUT2D eigenvalue weighted by molar-refractivity contribution is 5.94. The minimum Gasteiger partial charge on any atom is -0.481 e. The average molecular weight is 429 g/mol. The number of carbonyl (C=O) groups is 1. The van der Waals surface area contributed by atoms with Crippen molar-refractivity contribution in [2.75, 3.05) is 5.32 Å². The molecule has 2 aromatic carbocycles. The molecule has 0 aliphatic rings. The Balaban J connectivity index is 1.34. The number of aromatic nitrogens is 4. The minimum absolute atomic E-state index is 0.242. The molecule has 4 rings (SSSR count). The number of benzene rings is 2. The Hall–Kier alpha value is -4.20. The van der Waals surface area contributed by atoms with E-state index in [1.165, 1.54) is 0 Å². The monoisotopic (exact) mass is 429 g/mol. The number of ether oxygens (including phenoxy) is 2. The lowest BCUT2D eigenvalue weighted by atomic mass is 10.2. The summed E-state index contributed by atoms with van der Waals surface area (Å²) >= 11 is 0. The van der Waals surface area contributed by atoms with Crippen molar-refractivity contribution in [2.45, 2.75) is 26.9 Å². The van der Waals surface area contributed by atoms with E-state index in [1.807, 2.05) is 54.8 Å². The van der Waals surface area contributed by atoms with Crippen molar-refractivity contribution in [3.63, 3.8) is 0 Å². The Kier molecular flexibility index (Phi) is 6.12. The molecule has 1 N–H and O–H groups in total. The van der Waals surface area contributed by atoms with Gasteiger partial charge in [-0.2, -0.15) is 0 Å². The molecule has 1 atom stereocenters. The van der Waals surface area contributed by atoms with Gasteiger partial charge in [-0.05, 0) is 63.2 Å². The smallest absolute Gasteiger partial charge is 0.265 e. The quantitative estimate of drug-likeness (QED) is 0.466. The van der Waals surface area contributed by atoms with Crippen LogP contribution in [0.2, 0.25) is 0 Å². The van der Waals surface area contributed by atoms with E-state index in [0.29, 0.717) is 28.9 Å². The Morgan fingerprint density at radius 1 is 0.938 bits per heavy atom. The van der Waals surface area contributed by atoms with E-state index in [9.17, 15) is 4.79 Å². The maximum atomic E-state index is 12.4. The molecule has 0 saturated heterocycles. The average Bonchev–Trinajstić information content (AvgIpc) is 3.14. The fraction of sp³-hybridized carbons (Fsp3) is 0.167. The van der Waals surface area contributed by atoms with Gasteiger partial charge in [0, 0.05) is 17.4 Å². The normalized spacial score (nSPS) is 11.6. The highest BCUT2D eigenvalue weighted by Gasteiger charge is 2.15. The number of anilines is 1. The van der Waals surface area contributed by atoms with Crippen LogP contribution in [-0.2, 0) is 4.79 Å². The van der Waals surface area contributed by atoms with Gasteiger partial charge in [0.15, 0.2) is 11.9 Å². The molecule has 8 heteroatoms. The minimum atomic E-state index is -0.634. The SMILES string of the molecule is Cc1ncn(-c2ccc(Oc3ccc(NC(=O)C(C)Oc4ccccc4)cc3)nn2)c1C. The van der Waals surface area contributed by atoms with E-state index in [-0.39, 0.29) is 5.91 Å². The summed E-state index contributed by atoms with van der Waals surface area (Å²) in [5, 5.41) is 11.2. The van der Waals surface area contributed by atoms with E-state index in [0.717, 1.165) is 11.4 Å². The second-order valence-electron chi connectivity index (χ2n) is 7.20. The molecule has 0 fully saturated rings. The van der Waals surface area contributed by atoms with Crippen LogP contribution in [0.3, 0.4) is 0 Å². The molecule has 1 amide bonds. The first-order valence-corrected chi connectivity index (χ1v) is 10.1. The van der Waals surface area contributed by atoms with Crippen molar-refractivity contribution >= 4 is 11.6 Å². The Bertz CT molecular complexity index is 1190. The largest absolute Gasteiger partial charge is 0.481 e. The van der Waals surface area contributed by atoms with Crippen molar-refractivity contribution in [2.24, 2.45) is 0 Å². The third-order valence-corrected chi connectivity index (χ3v) is 4.89. The molecule has 2 heterocycles. The first kappa shape index (κ1) is 21.0. The third-order valence-electron chi connectivity index (χ3n) is 4.89. The van der Waals surface area contributed by atoms with Crippen molar-refractivity contribution in [3.8, 4) is 23.2 Å². The first-order chi connectivity index (χ1) is 15.5. The van der Waals surface area contributed by atoms with E-state index >= 15 is 0 Å². The van der Waals surface area contributed by atoms with Crippen LogP contribution >= 0.6 is 0 Å². The molecule has 0 saturated carbocycles. The fourth-order valence-corrected chi connectivity index (χ4v) is 2.95. The Morgan fingerprint density at radius 2 is 1.69 bits per heavy atom. The van der Waals surface area contributed by atoms with Crippen LogP contribution in [-0.4, -0.2) is 31.8 Å². The zero-order chi connectivity index (χ0) is 22.5. The van der Waals surface area contributed by atoms with Gasteiger partial charge in [-0.1, -0.05) is 18.2 Å². The lowest BCUT2D eigenvalue weighted by Gasteiger charge is -2.15. The number of amides is 1. The lowest BCUT2D eigenvalue weighted by molar-refractivity contribution is -0.122. The van der Waals surface area contributed by atoms with Crippen LogP contribution in [0.25, 0.3) is 5.82 Å². The van der Waals surface area contributed by atoms with Crippen molar-refractivity contribution in [1.29, 1.82) is 0 Å². The molecular formula is C24H23N5O3. The van der Waals surface area contributed by atoms with Crippen LogP contribution in [0, 0.1) is 13.8 Å². The molecule has 8 nitrogen and oxygen atoms in total. The van der Waals surface area contributed by atoms with E-state index in [4.69, 9.17) is 9.47 Å². The number of aryl methyl sites for hydroxylation is 1. The van der Waals surface area contributed by atoms with Gasteiger partial charge in [0.05, 0.1) is 5.69 Å². The molecule has 1 unspecified atom stereocenters. The van der Waals surface area contributed by atoms with Gasteiger partial charge in [-0.25, -0.2) is 4.98 Å². The van der Waals surface area contributed by atoms with Gasteiger partial charge in [0.2, 0.25) is 5.88 Å². The summed E-state index contributed by atoms with van der Waals surface area (Å²) < 4.78 is 13.3. The summed E-state index contributed by atoms with van der Waals surface area (Å²) in [7, 11) is 0. The summed E-state index contributed by atoms with van der Waals surface area (Å²) in [6.07, 6.45) is 1.08. The molecule has 2 aromatic heterocycles. The first-order valence-electron chi connectivity index (χ1n) is 10.1. The standard InChI is InChI=1S/C24H23N5O3/c1-16-17(2)29(15-25-16)22-13-14-23(28-27-22)32-21-11-9-19(10-12-21)26-24(30)18(3)31-20-7-5-4-6-8-20/h4-15,18H,1-3H3,(H,26,30). The molecule has 0 radical (unpaired) electrons. The molecular weight excluding hydrogens is 406 g/mol. The number of hydrogen-bond acceptors (Lipinski definition) is 6. The Labute approximate surface area is 185 Å². The fourth-order valence-electron chi connectivity index (χ4n) is 2.95. The van der Waals surface area contributed by atoms with Crippen LogP contribution in [0.15, 0.2) is 73.1 Å². The third kappa shape index (κ3) is 4.92. The van der Waals surface area contributed by atoms with Gasteiger partial charge in [-0.3, -0.25) is 9.36 Å². The van der Waals surface area contributed by atoms with Crippen LogP contribution in [0.1, 0.15) is 18.3 Å². The second kappa shape index (κ2) is 9.30. The van der Waals surface area contributed by atoms with E-state index in [1.54, 1.807) is 43.6 Å². The number of nitrogens with zero attached hydrogens (tertiary/aromatic N) is 4. The summed E-state index contributed by atoms with van der Waals surface area (Å²) in [5.41, 5.74) is 2.59. The van der Waals surface area contributed by atoms with Gasteiger partial charge >= 0.3 is 0 Å². The zero-order valence-electron chi connectivity index (χ0n) is 18.0. The van der Waals surface area contributed by atoms with Crippen molar-refractivity contribution < 1.29 is 14.3 Å². The summed E-state index contributed by atoms with van der Waals surface area (Å²) in [5.74, 6) is 2.01. The summed E-state index contributed by atoms with van der Waals surface area (Å²) in [6.45, 7) is 5.62. The maximum absolute atomic E-state index is 12.4. The predicted octanol–water partition coefficient (Wildman–Crippen LogP) is 4.48. The van der Waals surface area contributed by atoms with Crippen LogP contribution < -0.4 is 14.8 Å². The maximum Gasteiger partial charge on any atom is 0.265 e. The lowest BCUT2D eigenvalue weighted by Crippen LogP contribution is -2.30. The topological polar surface area (TPSA) is 91.2 Å². The summed E-state index contributed by atoms with van der Waals surface area (Å²) in [6, 6.07) is 19.8. The number of carbonyl (C=O) groups excluding carboxylic acids is 1. The molecule has 0 aliphatic carbocycles. The van der Waals surface area contributed by atoms with Crippen molar-refractivity contribution in [1.82, 2.24) is 19.7 Å². The highest BCUT2D eigenvalue weighted by atomic mass is 16.5. The van der Waals surface area contributed by atoms with E-state index in [2.05, 4.69) is 20.5 Å². The molecule has 32 heavy (non-hydrogen) atoms. The number of rotatable bonds is 7. The molecule has 4 aromatic rings. The van der Waals surface area contributed by atoms with E-state index < -0.39 is 6.10 Å². The van der Waals surface area contributed by atoms with Crippen LogP contribution in [0.5, 0.6) is 17.4 Å². The summed E-state index contributed by atoms with van der Waals surface area (Å²) in [4.78, 5) is 16.6. The zero-order valence-corrected chi connectivity index (χ0v) is 18.0. The Morgan fingerprint density at radius 3 is 2.31 bits per heavy atom. The van der Waals surface area contributed by atoms with Gasteiger partial charge < -0.3 is 14.8 Å². The van der Waals surface area contributed by atoms with Crippen molar-refractivity contribution in [3.05, 3.63) is 84.4 Å². The molecule has 162 valence electrons. The highest BCUT2D eigenvalue weighted by Crippen LogP contribution is 2.22. The number of imidazole rings is 1. The second-order valence-corrected chi connectivity index (χ2v) is 7.20. The van der Waals surface area contributed by atoms with Crippen LogP contribution in [0.4, 0.5) is 5.69 Å². The van der Waals surface area contributed by atoms with Gasteiger partial charge in [0.1, 0.15) is 17.8 Å². The molecule has 0 spiro atoms. The van der Waals surface area contributed by atoms with Gasteiger partial charge in [-0.15, -0.1) is 10.2 Å². The number of nitrogens with one attached hydrogen (secondary N) is 1. The molecule has 0 aliphatic heterocycles. The number of para-hydroxylation sites is 1.